The van der Waals surface area contributed by atoms with Gasteiger partial charge in [0.05, 0.1) is 4.92 Å². The predicted octanol–water partition coefficient (Wildman–Crippen LogP) is 3.73. The lowest BCUT2D eigenvalue weighted by Gasteiger charge is -1.93. The minimum atomic E-state index is -0.467. The monoisotopic (exact) mass is 336 g/mol. The van der Waals surface area contributed by atoms with Gasteiger partial charge in [0, 0.05) is 23.7 Å². The van der Waals surface area contributed by atoms with E-state index in [1.54, 1.807) is 18.2 Å². The lowest BCUT2D eigenvalue weighted by Crippen LogP contribution is -2.01. The quantitative estimate of drug-likeness (QED) is 0.448. The Balaban J connectivity index is 0.000000185. The molecular formula is C19H16N2O4. The van der Waals surface area contributed by atoms with Crippen molar-refractivity contribution in [3.8, 4) is 0 Å². The first-order chi connectivity index (χ1) is 12.0. The van der Waals surface area contributed by atoms with Crippen LogP contribution in [0.3, 0.4) is 0 Å². The maximum absolute atomic E-state index is 10.8. The number of hydrogen-bond acceptors (Lipinski definition) is 4. The van der Waals surface area contributed by atoms with Gasteiger partial charge in [0.1, 0.15) is 0 Å². The molecule has 0 aliphatic rings. The number of rotatable bonds is 3. The summed E-state index contributed by atoms with van der Waals surface area (Å²) in [5.41, 5.74) is 1.51. The molecule has 0 fully saturated rings. The third-order valence-electron chi connectivity index (χ3n) is 3.22. The number of benzene rings is 2. The van der Waals surface area contributed by atoms with Crippen molar-refractivity contribution in [2.45, 2.75) is 6.92 Å². The molecule has 1 heterocycles. The maximum atomic E-state index is 10.8. The zero-order valence-electron chi connectivity index (χ0n) is 13.5. The molecule has 0 amide bonds. The average molecular weight is 336 g/mol. The van der Waals surface area contributed by atoms with Crippen LogP contribution in [0.1, 0.15) is 12.5 Å². The highest BCUT2D eigenvalue weighted by Crippen LogP contribution is 2.13. The number of pyridine rings is 1. The normalized spacial score (nSPS) is 10.3. The largest absolute Gasteiger partial charge is 0.322 e. The fourth-order valence-electron chi connectivity index (χ4n) is 2.05. The number of fused-ring (bicyclic) bond motifs is 1. The van der Waals surface area contributed by atoms with Crippen LogP contribution in [0.5, 0.6) is 0 Å². The number of hydrogen-bond donors (Lipinski definition) is 1. The number of nitro benzene ring substituents is 1. The minimum absolute atomic E-state index is 0.0238. The van der Waals surface area contributed by atoms with Crippen molar-refractivity contribution in [1.29, 1.82) is 0 Å². The Kier molecular flexibility index (Phi) is 5.95. The molecule has 6 heteroatoms. The van der Waals surface area contributed by atoms with Gasteiger partial charge >= 0.3 is 0 Å². The van der Waals surface area contributed by atoms with Gasteiger partial charge in [-0.05, 0) is 36.1 Å². The van der Waals surface area contributed by atoms with Gasteiger partial charge in [0.25, 0.3) is 5.69 Å². The van der Waals surface area contributed by atoms with E-state index < -0.39 is 4.92 Å². The van der Waals surface area contributed by atoms with Crippen molar-refractivity contribution in [1.82, 2.24) is 4.98 Å². The Morgan fingerprint density at radius 3 is 2.56 bits per heavy atom. The molecule has 2 aromatic carbocycles. The Morgan fingerprint density at radius 1 is 1.08 bits per heavy atom. The van der Waals surface area contributed by atoms with Crippen LogP contribution in [0, 0.1) is 10.1 Å². The molecule has 0 bridgehead atoms. The van der Waals surface area contributed by atoms with Crippen LogP contribution in [-0.4, -0.2) is 15.7 Å². The fraction of sp³-hybridized carbons (Fsp3) is 0.0526. The number of nitro groups is 1. The van der Waals surface area contributed by atoms with Gasteiger partial charge < -0.3 is 4.98 Å². The van der Waals surface area contributed by atoms with Crippen LogP contribution in [0.15, 0.2) is 71.5 Å². The Bertz CT molecular complexity index is 990. The molecule has 3 aromatic rings. The van der Waals surface area contributed by atoms with Crippen molar-refractivity contribution in [3.63, 3.8) is 0 Å². The molecule has 0 radical (unpaired) electrons. The van der Waals surface area contributed by atoms with Gasteiger partial charge in [0.15, 0.2) is 5.78 Å². The number of ketones is 1. The van der Waals surface area contributed by atoms with Crippen molar-refractivity contribution in [2.75, 3.05) is 0 Å². The second kappa shape index (κ2) is 8.35. The molecule has 0 unspecified atom stereocenters. The third kappa shape index (κ3) is 5.54. The minimum Gasteiger partial charge on any atom is -0.322 e. The zero-order valence-corrected chi connectivity index (χ0v) is 13.5. The lowest BCUT2D eigenvalue weighted by molar-refractivity contribution is -0.384. The van der Waals surface area contributed by atoms with Crippen LogP contribution in [-0.2, 0) is 4.79 Å². The zero-order chi connectivity index (χ0) is 18.2. The standard InChI is InChI=1S/C10H9NO3.C9H7NO/c1-8(12)5-6-9-3-2-4-10(7-9)11(13)14;11-9-6-5-7-3-1-2-4-8(7)10-9/h2-7H,1H3;1-6H,(H,10,11). The average Bonchev–Trinajstić information content (AvgIpc) is 2.60. The maximum Gasteiger partial charge on any atom is 0.270 e. The molecule has 0 atom stereocenters. The van der Waals surface area contributed by atoms with E-state index in [4.69, 9.17) is 0 Å². The van der Waals surface area contributed by atoms with Gasteiger partial charge in [-0.2, -0.15) is 0 Å². The molecule has 3 rings (SSSR count). The first-order valence-electron chi connectivity index (χ1n) is 7.47. The van der Waals surface area contributed by atoms with Crippen LogP contribution < -0.4 is 5.56 Å². The number of non-ortho nitro benzene ring substituents is 1. The highest BCUT2D eigenvalue weighted by molar-refractivity contribution is 5.91. The smallest absolute Gasteiger partial charge is 0.270 e. The van der Waals surface area contributed by atoms with E-state index >= 15 is 0 Å². The molecular weight excluding hydrogens is 320 g/mol. The lowest BCUT2D eigenvalue weighted by atomic mass is 10.2. The summed E-state index contributed by atoms with van der Waals surface area (Å²) in [6.45, 7) is 1.42. The summed E-state index contributed by atoms with van der Waals surface area (Å²) in [6, 6.07) is 17.1. The van der Waals surface area contributed by atoms with E-state index in [9.17, 15) is 19.7 Å². The van der Waals surface area contributed by atoms with E-state index in [2.05, 4.69) is 4.98 Å². The van der Waals surface area contributed by atoms with Crippen LogP contribution in [0.2, 0.25) is 0 Å². The fourth-order valence-corrected chi connectivity index (χ4v) is 2.05. The van der Waals surface area contributed by atoms with Crippen LogP contribution >= 0.6 is 0 Å². The predicted molar refractivity (Wildman–Crippen MR) is 97.4 cm³/mol. The highest BCUT2D eigenvalue weighted by atomic mass is 16.6. The number of H-pyrrole nitrogens is 1. The van der Waals surface area contributed by atoms with Crippen LogP contribution in [0.4, 0.5) is 5.69 Å². The van der Waals surface area contributed by atoms with Crippen molar-refractivity contribution < 1.29 is 9.72 Å². The molecule has 25 heavy (non-hydrogen) atoms. The molecule has 1 N–H and O–H groups in total. The highest BCUT2D eigenvalue weighted by Gasteiger charge is 2.03. The van der Waals surface area contributed by atoms with E-state index in [0.29, 0.717) is 5.56 Å². The van der Waals surface area contributed by atoms with Gasteiger partial charge in [-0.3, -0.25) is 19.7 Å². The number of nitrogens with zero attached hydrogens (tertiary/aromatic N) is 1. The third-order valence-corrected chi connectivity index (χ3v) is 3.22. The number of aromatic amines is 1. The molecule has 1 aromatic heterocycles. The number of aromatic nitrogens is 1. The molecule has 0 saturated heterocycles. The molecule has 6 nitrogen and oxygen atoms in total. The summed E-state index contributed by atoms with van der Waals surface area (Å²) in [5, 5.41) is 11.5. The second-order valence-electron chi connectivity index (χ2n) is 5.21. The number of carbonyl (C=O) groups is 1. The first kappa shape index (κ1) is 17.8. The SMILES string of the molecule is CC(=O)C=Cc1cccc([N+](=O)[O-])c1.O=c1ccc2ccccc2[nH]1. The molecule has 126 valence electrons. The summed E-state index contributed by atoms with van der Waals surface area (Å²) < 4.78 is 0. The first-order valence-corrected chi connectivity index (χ1v) is 7.47. The number of allylic oxidation sites excluding steroid dienone is 1. The van der Waals surface area contributed by atoms with E-state index in [1.165, 1.54) is 31.2 Å². The molecule has 0 saturated carbocycles. The van der Waals surface area contributed by atoms with Crippen LogP contribution in [0.25, 0.3) is 17.0 Å². The van der Waals surface area contributed by atoms with Crippen molar-refractivity contribution >= 4 is 28.4 Å². The van der Waals surface area contributed by atoms with E-state index in [0.717, 1.165) is 10.9 Å². The molecule has 0 aliphatic carbocycles. The van der Waals surface area contributed by atoms with Crippen molar-refractivity contribution in [3.05, 3.63) is 92.8 Å². The van der Waals surface area contributed by atoms with E-state index in [-0.39, 0.29) is 17.0 Å². The van der Waals surface area contributed by atoms with Gasteiger partial charge in [-0.25, -0.2) is 0 Å². The van der Waals surface area contributed by atoms with Gasteiger partial charge in [-0.15, -0.1) is 0 Å². The summed E-state index contributed by atoms with van der Waals surface area (Å²) >= 11 is 0. The Hall–Kier alpha value is -3.54. The summed E-state index contributed by atoms with van der Waals surface area (Å²) in [4.78, 5) is 34.1. The topological polar surface area (TPSA) is 93.1 Å². The van der Waals surface area contributed by atoms with Gasteiger partial charge in [0.2, 0.25) is 5.56 Å². The number of carbonyl (C=O) groups excluding carboxylic acids is 1. The number of para-hydroxylation sites is 1. The summed E-state index contributed by atoms with van der Waals surface area (Å²) in [6.07, 6.45) is 2.92. The number of nitrogens with one attached hydrogen (secondary N) is 1. The van der Waals surface area contributed by atoms with E-state index in [1.807, 2.05) is 30.3 Å². The summed E-state index contributed by atoms with van der Waals surface area (Å²) in [5.74, 6) is -0.0866. The second-order valence-corrected chi connectivity index (χ2v) is 5.21. The Labute approximate surface area is 143 Å². The summed E-state index contributed by atoms with van der Waals surface area (Å²) in [7, 11) is 0. The van der Waals surface area contributed by atoms with Crippen molar-refractivity contribution in [2.24, 2.45) is 0 Å². The van der Waals surface area contributed by atoms with Gasteiger partial charge in [-0.1, -0.05) is 36.4 Å². The Morgan fingerprint density at radius 2 is 1.84 bits per heavy atom. The molecule has 0 aliphatic heterocycles. The molecule has 0 spiro atoms.